The highest BCUT2D eigenvalue weighted by Gasteiger charge is 2.35. The average Bonchev–Trinajstić information content (AvgIpc) is 2.06. The molecule has 14 heavy (non-hydrogen) atoms. The van der Waals surface area contributed by atoms with Crippen molar-refractivity contribution in [3.63, 3.8) is 0 Å². The first-order valence-corrected chi connectivity index (χ1v) is 4.69. The standard InChI is InChI=1S/C8H6BrF4N/c9-3-4-1-5(14)2-6(7(4)10)8(11,12)13/h1-2H,3,14H2. The predicted molar refractivity (Wildman–Crippen MR) is 48.4 cm³/mol. The SMILES string of the molecule is Nc1cc(CBr)c(F)c(C(F)(F)F)c1. The summed E-state index contributed by atoms with van der Waals surface area (Å²) in [6.45, 7) is 0. The molecule has 0 saturated carbocycles. The summed E-state index contributed by atoms with van der Waals surface area (Å²) in [5.41, 5.74) is 3.68. The van der Waals surface area contributed by atoms with Gasteiger partial charge in [-0.05, 0) is 12.1 Å². The van der Waals surface area contributed by atoms with E-state index in [-0.39, 0.29) is 16.6 Å². The average molecular weight is 272 g/mol. The van der Waals surface area contributed by atoms with Crippen LogP contribution >= 0.6 is 15.9 Å². The Morgan fingerprint density at radius 2 is 1.86 bits per heavy atom. The van der Waals surface area contributed by atoms with Crippen molar-refractivity contribution in [3.8, 4) is 0 Å². The maximum absolute atomic E-state index is 13.1. The molecule has 0 saturated heterocycles. The third-order valence-electron chi connectivity index (χ3n) is 1.62. The fourth-order valence-electron chi connectivity index (χ4n) is 1.01. The Kier molecular flexibility index (Phi) is 3.04. The highest BCUT2D eigenvalue weighted by molar-refractivity contribution is 9.08. The lowest BCUT2D eigenvalue weighted by atomic mass is 10.1. The summed E-state index contributed by atoms with van der Waals surface area (Å²) >= 11 is 2.88. The predicted octanol–water partition coefficient (Wildman–Crippen LogP) is 3.32. The van der Waals surface area contributed by atoms with Gasteiger partial charge in [0, 0.05) is 16.6 Å². The highest BCUT2D eigenvalue weighted by Crippen LogP contribution is 2.34. The van der Waals surface area contributed by atoms with Crippen LogP contribution in [0.15, 0.2) is 12.1 Å². The van der Waals surface area contributed by atoms with Crippen molar-refractivity contribution in [3.05, 3.63) is 29.1 Å². The van der Waals surface area contributed by atoms with E-state index in [1.54, 1.807) is 0 Å². The molecule has 0 aromatic heterocycles. The number of anilines is 1. The van der Waals surface area contributed by atoms with Gasteiger partial charge in [-0.1, -0.05) is 15.9 Å². The summed E-state index contributed by atoms with van der Waals surface area (Å²) < 4.78 is 49.8. The van der Waals surface area contributed by atoms with Crippen molar-refractivity contribution in [2.45, 2.75) is 11.5 Å². The lowest BCUT2D eigenvalue weighted by molar-refractivity contribution is -0.140. The maximum atomic E-state index is 13.1. The van der Waals surface area contributed by atoms with Crippen LogP contribution in [-0.2, 0) is 11.5 Å². The normalized spacial score (nSPS) is 11.8. The molecule has 2 N–H and O–H groups in total. The van der Waals surface area contributed by atoms with E-state index in [0.29, 0.717) is 6.07 Å². The van der Waals surface area contributed by atoms with Crippen molar-refractivity contribution < 1.29 is 17.6 Å². The van der Waals surface area contributed by atoms with Crippen LogP contribution in [0.2, 0.25) is 0 Å². The lowest BCUT2D eigenvalue weighted by Crippen LogP contribution is -2.10. The molecule has 0 atom stereocenters. The van der Waals surface area contributed by atoms with E-state index >= 15 is 0 Å². The molecule has 0 fully saturated rings. The lowest BCUT2D eigenvalue weighted by Gasteiger charge is -2.11. The highest BCUT2D eigenvalue weighted by atomic mass is 79.9. The number of nitrogen functional groups attached to an aromatic ring is 1. The van der Waals surface area contributed by atoms with E-state index in [2.05, 4.69) is 15.9 Å². The Hall–Kier alpha value is -0.780. The molecule has 6 heteroatoms. The fraction of sp³-hybridized carbons (Fsp3) is 0.250. The molecule has 1 nitrogen and oxygen atoms in total. The Morgan fingerprint density at radius 1 is 1.29 bits per heavy atom. The molecular formula is C8H6BrF4N. The molecule has 1 aromatic rings. The minimum Gasteiger partial charge on any atom is -0.399 e. The van der Waals surface area contributed by atoms with Crippen LogP contribution < -0.4 is 5.73 Å². The van der Waals surface area contributed by atoms with Gasteiger partial charge in [0.1, 0.15) is 5.82 Å². The summed E-state index contributed by atoms with van der Waals surface area (Å²) in [5, 5.41) is -0.00699. The van der Waals surface area contributed by atoms with Crippen LogP contribution in [-0.4, -0.2) is 0 Å². The number of benzene rings is 1. The molecule has 0 unspecified atom stereocenters. The maximum Gasteiger partial charge on any atom is 0.419 e. The molecule has 0 radical (unpaired) electrons. The topological polar surface area (TPSA) is 26.0 Å². The van der Waals surface area contributed by atoms with Gasteiger partial charge in [0.2, 0.25) is 0 Å². The molecule has 0 aliphatic carbocycles. The van der Waals surface area contributed by atoms with Gasteiger partial charge in [0.25, 0.3) is 0 Å². The number of rotatable bonds is 1. The summed E-state index contributed by atoms with van der Waals surface area (Å²) in [5.74, 6) is -1.27. The number of halogens is 5. The molecule has 78 valence electrons. The zero-order chi connectivity index (χ0) is 10.9. The van der Waals surface area contributed by atoms with Gasteiger partial charge >= 0.3 is 6.18 Å². The monoisotopic (exact) mass is 271 g/mol. The van der Waals surface area contributed by atoms with Crippen LogP contribution in [0.4, 0.5) is 23.2 Å². The summed E-state index contributed by atoms with van der Waals surface area (Å²) in [4.78, 5) is 0. The summed E-state index contributed by atoms with van der Waals surface area (Å²) in [6.07, 6.45) is -4.71. The zero-order valence-electron chi connectivity index (χ0n) is 6.83. The largest absolute Gasteiger partial charge is 0.419 e. The van der Waals surface area contributed by atoms with Gasteiger partial charge < -0.3 is 5.73 Å². The Morgan fingerprint density at radius 3 is 2.29 bits per heavy atom. The van der Waals surface area contributed by atoms with Crippen molar-refractivity contribution in [1.29, 1.82) is 0 Å². The van der Waals surface area contributed by atoms with E-state index in [1.807, 2.05) is 0 Å². The quantitative estimate of drug-likeness (QED) is 0.473. The smallest absolute Gasteiger partial charge is 0.399 e. The van der Waals surface area contributed by atoms with E-state index in [0.717, 1.165) is 0 Å². The van der Waals surface area contributed by atoms with Crippen molar-refractivity contribution >= 4 is 21.6 Å². The second-order valence-electron chi connectivity index (χ2n) is 2.67. The zero-order valence-corrected chi connectivity index (χ0v) is 8.41. The molecule has 0 spiro atoms. The summed E-state index contributed by atoms with van der Waals surface area (Å²) in [7, 11) is 0. The van der Waals surface area contributed by atoms with E-state index in [9.17, 15) is 17.6 Å². The number of nitrogens with two attached hydrogens (primary N) is 1. The van der Waals surface area contributed by atoms with Crippen LogP contribution in [0.25, 0.3) is 0 Å². The molecule has 0 aliphatic heterocycles. The second-order valence-corrected chi connectivity index (χ2v) is 3.23. The van der Waals surface area contributed by atoms with Crippen LogP contribution in [0.1, 0.15) is 11.1 Å². The number of hydrogen-bond acceptors (Lipinski definition) is 1. The number of hydrogen-bond donors (Lipinski definition) is 1. The van der Waals surface area contributed by atoms with E-state index in [4.69, 9.17) is 5.73 Å². The second kappa shape index (κ2) is 3.76. The first kappa shape index (κ1) is 11.3. The molecule has 0 bridgehead atoms. The van der Waals surface area contributed by atoms with Gasteiger partial charge in [0.15, 0.2) is 0 Å². The van der Waals surface area contributed by atoms with Gasteiger partial charge in [-0.3, -0.25) is 0 Å². The van der Waals surface area contributed by atoms with Crippen LogP contribution in [0.3, 0.4) is 0 Å². The minimum absolute atomic E-state index is 0.00699. The molecule has 0 heterocycles. The first-order chi connectivity index (χ1) is 6.36. The van der Waals surface area contributed by atoms with Crippen molar-refractivity contribution in [1.82, 2.24) is 0 Å². The fourth-order valence-corrected chi connectivity index (χ4v) is 1.42. The van der Waals surface area contributed by atoms with E-state index in [1.165, 1.54) is 6.07 Å². The van der Waals surface area contributed by atoms with Crippen molar-refractivity contribution in [2.75, 3.05) is 5.73 Å². The molecular weight excluding hydrogens is 266 g/mol. The van der Waals surface area contributed by atoms with Crippen LogP contribution in [0.5, 0.6) is 0 Å². The van der Waals surface area contributed by atoms with E-state index < -0.39 is 17.6 Å². The Balaban J connectivity index is 3.37. The van der Waals surface area contributed by atoms with Gasteiger partial charge in [-0.2, -0.15) is 13.2 Å². The third-order valence-corrected chi connectivity index (χ3v) is 2.22. The number of alkyl halides is 4. The van der Waals surface area contributed by atoms with Gasteiger partial charge in [-0.25, -0.2) is 4.39 Å². The van der Waals surface area contributed by atoms with Crippen LogP contribution in [0, 0.1) is 5.82 Å². The third kappa shape index (κ3) is 2.17. The molecule has 1 rings (SSSR count). The van der Waals surface area contributed by atoms with Gasteiger partial charge in [0.05, 0.1) is 5.56 Å². The Bertz CT molecular complexity index is 348. The minimum atomic E-state index is -4.71. The Labute approximate surface area is 86.0 Å². The van der Waals surface area contributed by atoms with Gasteiger partial charge in [-0.15, -0.1) is 0 Å². The molecule has 0 aliphatic rings. The van der Waals surface area contributed by atoms with Crippen molar-refractivity contribution in [2.24, 2.45) is 0 Å². The summed E-state index contributed by atoms with van der Waals surface area (Å²) in [6, 6.07) is 1.75. The molecule has 1 aromatic carbocycles. The first-order valence-electron chi connectivity index (χ1n) is 3.57. The molecule has 0 amide bonds.